The summed E-state index contributed by atoms with van der Waals surface area (Å²) in [4.78, 5) is 6.71. The molecule has 1 saturated heterocycles. The van der Waals surface area contributed by atoms with Crippen molar-refractivity contribution in [3.63, 3.8) is 0 Å². The van der Waals surface area contributed by atoms with Crippen molar-refractivity contribution < 1.29 is 5.11 Å². The number of halogens is 1. The van der Waals surface area contributed by atoms with Crippen LogP contribution >= 0.6 is 24.0 Å². The standard InChI is InChI=1S/C16H25N3O.HI/c17-16(19-11-3-1-2-4-12-19)18-10-9-14-5-7-15(13-20)8-6-14;/h5-8,20H,1-4,9-13H2,(H2,17,18);1H. The fraction of sp³-hybridized carbons (Fsp3) is 0.562. The van der Waals surface area contributed by atoms with Crippen LogP contribution in [-0.2, 0) is 13.0 Å². The summed E-state index contributed by atoms with van der Waals surface area (Å²) in [6.45, 7) is 2.90. The number of aliphatic imine (C=N–C) groups is 1. The molecule has 1 fully saturated rings. The highest BCUT2D eigenvalue weighted by molar-refractivity contribution is 14.0. The molecule has 0 unspecified atom stereocenters. The molecule has 5 heteroatoms. The molecule has 21 heavy (non-hydrogen) atoms. The number of hydrogen-bond donors (Lipinski definition) is 2. The average molecular weight is 403 g/mol. The molecule has 3 N–H and O–H groups in total. The number of aliphatic hydroxyl groups excluding tert-OH is 1. The highest BCUT2D eigenvalue weighted by Gasteiger charge is 2.10. The van der Waals surface area contributed by atoms with Gasteiger partial charge in [0, 0.05) is 19.6 Å². The van der Waals surface area contributed by atoms with Gasteiger partial charge in [0.25, 0.3) is 0 Å². The van der Waals surface area contributed by atoms with Crippen molar-refractivity contribution in [2.75, 3.05) is 19.6 Å². The molecule has 0 spiro atoms. The van der Waals surface area contributed by atoms with Gasteiger partial charge in [0.15, 0.2) is 5.96 Å². The third-order valence-electron chi connectivity index (χ3n) is 3.81. The minimum absolute atomic E-state index is 0. The van der Waals surface area contributed by atoms with E-state index >= 15 is 0 Å². The number of guanidine groups is 1. The Morgan fingerprint density at radius 2 is 1.62 bits per heavy atom. The molecule has 0 atom stereocenters. The van der Waals surface area contributed by atoms with Crippen molar-refractivity contribution in [2.24, 2.45) is 10.7 Å². The van der Waals surface area contributed by atoms with E-state index < -0.39 is 0 Å². The quantitative estimate of drug-likeness (QED) is 0.462. The third-order valence-corrected chi connectivity index (χ3v) is 3.81. The van der Waals surface area contributed by atoms with Crippen LogP contribution in [-0.4, -0.2) is 35.6 Å². The molecular weight excluding hydrogens is 377 g/mol. The number of rotatable bonds is 4. The van der Waals surface area contributed by atoms with Crippen molar-refractivity contribution in [1.82, 2.24) is 4.90 Å². The predicted molar refractivity (Wildman–Crippen MR) is 98.0 cm³/mol. The summed E-state index contributed by atoms with van der Waals surface area (Å²) in [5.74, 6) is 0.693. The van der Waals surface area contributed by atoms with E-state index in [0.717, 1.165) is 31.6 Å². The zero-order valence-electron chi connectivity index (χ0n) is 12.5. The fourth-order valence-electron chi connectivity index (χ4n) is 2.51. The van der Waals surface area contributed by atoms with Gasteiger partial charge in [0.1, 0.15) is 0 Å². The topological polar surface area (TPSA) is 61.9 Å². The van der Waals surface area contributed by atoms with Crippen LogP contribution in [0.3, 0.4) is 0 Å². The van der Waals surface area contributed by atoms with E-state index in [-0.39, 0.29) is 30.6 Å². The van der Waals surface area contributed by atoms with E-state index in [1.54, 1.807) is 0 Å². The molecule has 0 saturated carbocycles. The second kappa shape index (κ2) is 10.00. The van der Waals surface area contributed by atoms with Crippen LogP contribution in [0.4, 0.5) is 0 Å². The first-order chi connectivity index (χ1) is 9.79. The van der Waals surface area contributed by atoms with Crippen LogP contribution in [0.25, 0.3) is 0 Å². The molecule has 1 heterocycles. The highest BCUT2D eigenvalue weighted by atomic mass is 127. The van der Waals surface area contributed by atoms with Crippen LogP contribution < -0.4 is 5.73 Å². The van der Waals surface area contributed by atoms with Crippen molar-refractivity contribution in [1.29, 1.82) is 0 Å². The molecule has 4 nitrogen and oxygen atoms in total. The molecule has 0 amide bonds. The van der Waals surface area contributed by atoms with Gasteiger partial charge in [-0.15, -0.1) is 24.0 Å². The lowest BCUT2D eigenvalue weighted by atomic mass is 10.1. The van der Waals surface area contributed by atoms with Gasteiger partial charge in [-0.3, -0.25) is 4.99 Å². The average Bonchev–Trinajstić information content (AvgIpc) is 2.77. The highest BCUT2D eigenvalue weighted by Crippen LogP contribution is 2.09. The number of nitrogens with zero attached hydrogens (tertiary/aromatic N) is 2. The fourth-order valence-corrected chi connectivity index (χ4v) is 2.51. The van der Waals surface area contributed by atoms with Crippen LogP contribution in [0, 0.1) is 0 Å². The molecule has 0 bridgehead atoms. The molecule has 0 aromatic heterocycles. The van der Waals surface area contributed by atoms with E-state index in [2.05, 4.69) is 9.89 Å². The lowest BCUT2D eigenvalue weighted by Crippen LogP contribution is -2.38. The second-order valence-electron chi connectivity index (χ2n) is 5.37. The lowest BCUT2D eigenvalue weighted by molar-refractivity contribution is 0.282. The van der Waals surface area contributed by atoms with Crippen LogP contribution in [0.5, 0.6) is 0 Å². The van der Waals surface area contributed by atoms with Gasteiger partial charge in [-0.1, -0.05) is 37.1 Å². The lowest BCUT2D eigenvalue weighted by Gasteiger charge is -2.21. The SMILES string of the molecule is I.NC(=NCCc1ccc(CO)cc1)N1CCCCCC1. The zero-order chi connectivity index (χ0) is 14.2. The zero-order valence-corrected chi connectivity index (χ0v) is 14.8. The van der Waals surface area contributed by atoms with E-state index in [1.807, 2.05) is 24.3 Å². The minimum Gasteiger partial charge on any atom is -0.392 e. The predicted octanol–water partition coefficient (Wildman–Crippen LogP) is 2.53. The van der Waals surface area contributed by atoms with Gasteiger partial charge in [-0.05, 0) is 30.4 Å². The first-order valence-electron chi connectivity index (χ1n) is 7.53. The van der Waals surface area contributed by atoms with Gasteiger partial charge < -0.3 is 15.7 Å². The molecule has 118 valence electrons. The monoisotopic (exact) mass is 403 g/mol. The first-order valence-corrected chi connectivity index (χ1v) is 7.53. The molecule has 0 aliphatic carbocycles. The Balaban J connectivity index is 0.00000220. The van der Waals surface area contributed by atoms with Crippen molar-refractivity contribution in [3.8, 4) is 0 Å². The van der Waals surface area contributed by atoms with E-state index in [0.29, 0.717) is 5.96 Å². The van der Waals surface area contributed by atoms with Gasteiger partial charge in [0.05, 0.1) is 6.61 Å². The molecule has 0 radical (unpaired) electrons. The Labute approximate surface area is 144 Å². The number of aliphatic hydroxyl groups is 1. The van der Waals surface area contributed by atoms with Gasteiger partial charge in [-0.25, -0.2) is 0 Å². The molecule has 1 aromatic carbocycles. The van der Waals surface area contributed by atoms with Gasteiger partial charge >= 0.3 is 0 Å². The summed E-state index contributed by atoms with van der Waals surface area (Å²) in [5.41, 5.74) is 8.25. The second-order valence-corrected chi connectivity index (χ2v) is 5.37. The summed E-state index contributed by atoms with van der Waals surface area (Å²) >= 11 is 0. The summed E-state index contributed by atoms with van der Waals surface area (Å²) in [6, 6.07) is 8.00. The Kier molecular flexibility index (Phi) is 8.68. The summed E-state index contributed by atoms with van der Waals surface area (Å²) in [5, 5.41) is 9.00. The maximum atomic E-state index is 9.00. The normalized spacial score (nSPS) is 16.2. The summed E-state index contributed by atoms with van der Waals surface area (Å²) < 4.78 is 0. The molecule has 1 aliphatic heterocycles. The van der Waals surface area contributed by atoms with E-state index in [1.165, 1.54) is 31.2 Å². The van der Waals surface area contributed by atoms with Crippen molar-refractivity contribution >= 4 is 29.9 Å². The Morgan fingerprint density at radius 1 is 1.05 bits per heavy atom. The number of likely N-dealkylation sites (tertiary alicyclic amines) is 1. The maximum Gasteiger partial charge on any atom is 0.191 e. The van der Waals surface area contributed by atoms with E-state index in [4.69, 9.17) is 10.8 Å². The summed E-state index contributed by atoms with van der Waals surface area (Å²) in [7, 11) is 0. The van der Waals surface area contributed by atoms with Crippen molar-refractivity contribution in [2.45, 2.75) is 38.7 Å². The van der Waals surface area contributed by atoms with Crippen LogP contribution in [0.15, 0.2) is 29.3 Å². The Hall–Kier alpha value is -0.820. The number of benzene rings is 1. The Bertz CT molecular complexity index is 426. The number of hydrogen-bond acceptors (Lipinski definition) is 2. The van der Waals surface area contributed by atoms with E-state index in [9.17, 15) is 0 Å². The third kappa shape index (κ3) is 6.22. The van der Waals surface area contributed by atoms with Crippen LogP contribution in [0.2, 0.25) is 0 Å². The molecule has 1 aromatic rings. The maximum absolute atomic E-state index is 9.00. The smallest absolute Gasteiger partial charge is 0.191 e. The summed E-state index contributed by atoms with van der Waals surface area (Å²) in [6.07, 6.45) is 5.94. The number of nitrogens with two attached hydrogens (primary N) is 1. The Morgan fingerprint density at radius 3 is 2.19 bits per heavy atom. The first kappa shape index (κ1) is 18.2. The van der Waals surface area contributed by atoms with Gasteiger partial charge in [-0.2, -0.15) is 0 Å². The minimum atomic E-state index is 0. The molecule has 2 rings (SSSR count). The molecular formula is C16H26IN3O. The largest absolute Gasteiger partial charge is 0.392 e. The molecule has 1 aliphatic rings. The van der Waals surface area contributed by atoms with Crippen LogP contribution in [0.1, 0.15) is 36.8 Å². The van der Waals surface area contributed by atoms with Crippen molar-refractivity contribution in [3.05, 3.63) is 35.4 Å². The van der Waals surface area contributed by atoms with Gasteiger partial charge in [0.2, 0.25) is 0 Å².